The number of unbranched alkanes of at least 4 members (excludes halogenated alkanes) is 3. The molecule has 0 aliphatic heterocycles. The van der Waals surface area contributed by atoms with Crippen LogP contribution >= 0.6 is 0 Å². The zero-order valence-corrected chi connectivity index (χ0v) is 11.7. The number of aliphatic hydroxyl groups excluding tert-OH is 2. The molecule has 19 heavy (non-hydrogen) atoms. The Morgan fingerprint density at radius 1 is 1.11 bits per heavy atom. The van der Waals surface area contributed by atoms with E-state index in [2.05, 4.69) is 30.6 Å². The molecule has 0 amide bonds. The first kappa shape index (κ1) is 17.5. The lowest BCUT2D eigenvalue weighted by Gasteiger charge is -2.02. The summed E-state index contributed by atoms with van der Waals surface area (Å²) in [4.78, 5) is 0. The first-order chi connectivity index (χ1) is 9.31. The maximum absolute atomic E-state index is 9.60. The van der Waals surface area contributed by atoms with Crippen LogP contribution in [0.25, 0.3) is 0 Å². The quantitative estimate of drug-likeness (QED) is 0.400. The third-order valence-electron chi connectivity index (χ3n) is 2.41. The highest BCUT2D eigenvalue weighted by Gasteiger charge is 1.96. The van der Waals surface area contributed by atoms with E-state index >= 15 is 0 Å². The normalized spacial score (nSPS) is 11.9. The number of aliphatic hydroxyl groups is 2. The minimum absolute atomic E-state index is 0.174. The molecule has 0 unspecified atom stereocenters. The first-order valence-corrected chi connectivity index (χ1v) is 6.92. The van der Waals surface area contributed by atoms with Crippen LogP contribution in [0.1, 0.15) is 45.4 Å². The van der Waals surface area contributed by atoms with E-state index in [0.29, 0.717) is 12.8 Å². The van der Waals surface area contributed by atoms with Crippen molar-refractivity contribution in [2.75, 3.05) is 6.61 Å². The highest BCUT2D eigenvalue weighted by Crippen LogP contribution is 2.03. The molecule has 2 heteroatoms. The van der Waals surface area contributed by atoms with Gasteiger partial charge in [-0.2, -0.15) is 0 Å². The maximum atomic E-state index is 9.60. The molecular weight excluding hydrogens is 236 g/mol. The lowest BCUT2D eigenvalue weighted by atomic mass is 10.1. The second-order valence-electron chi connectivity index (χ2n) is 4.21. The predicted molar refractivity (Wildman–Crippen MR) is 80.3 cm³/mol. The fraction of sp³-hybridized carbons (Fsp3) is 0.529. The summed E-state index contributed by atoms with van der Waals surface area (Å²) >= 11 is 0. The zero-order chi connectivity index (χ0) is 14.2. The summed E-state index contributed by atoms with van der Waals surface area (Å²) in [6, 6.07) is 0. The Morgan fingerprint density at radius 3 is 2.68 bits per heavy atom. The standard InChI is InChI=1S/C17H24O2/c1-2-3-11-14-17(19)15-12-9-7-5-4-6-8-10-13-16-18/h7,9,12,15,17-19H,2-3,10-11,13-14,16H2,1H3/b9-7+,15-12+/t17-/m0/s1. The smallest absolute Gasteiger partial charge is 0.0723 e. The van der Waals surface area contributed by atoms with E-state index < -0.39 is 0 Å². The Kier molecular flexibility index (Phi) is 13.4. The van der Waals surface area contributed by atoms with Gasteiger partial charge in [0.15, 0.2) is 0 Å². The monoisotopic (exact) mass is 260 g/mol. The molecule has 0 aliphatic carbocycles. The van der Waals surface area contributed by atoms with Crippen LogP contribution in [0.3, 0.4) is 0 Å². The summed E-state index contributed by atoms with van der Waals surface area (Å²) in [5.74, 6) is 11.0. The van der Waals surface area contributed by atoms with Crippen molar-refractivity contribution >= 4 is 0 Å². The lowest BCUT2D eigenvalue weighted by molar-refractivity contribution is 0.208. The molecule has 0 saturated heterocycles. The number of rotatable bonds is 8. The minimum Gasteiger partial charge on any atom is -0.396 e. The Balaban J connectivity index is 3.76. The van der Waals surface area contributed by atoms with Crippen LogP contribution in [0.4, 0.5) is 0 Å². The topological polar surface area (TPSA) is 40.5 Å². The van der Waals surface area contributed by atoms with Gasteiger partial charge in [-0.3, -0.25) is 0 Å². The Labute approximate surface area is 117 Å². The summed E-state index contributed by atoms with van der Waals surface area (Å²) in [7, 11) is 0. The van der Waals surface area contributed by atoms with E-state index in [9.17, 15) is 5.11 Å². The highest BCUT2D eigenvalue weighted by atomic mass is 16.3. The van der Waals surface area contributed by atoms with Gasteiger partial charge >= 0.3 is 0 Å². The van der Waals surface area contributed by atoms with Gasteiger partial charge in [0.2, 0.25) is 0 Å². The second-order valence-corrected chi connectivity index (χ2v) is 4.21. The predicted octanol–water partition coefficient (Wildman–Crippen LogP) is 2.82. The van der Waals surface area contributed by atoms with Crippen LogP contribution in [0.15, 0.2) is 24.3 Å². The van der Waals surface area contributed by atoms with Crippen molar-refractivity contribution in [3.05, 3.63) is 24.3 Å². The van der Waals surface area contributed by atoms with Gasteiger partial charge in [0.05, 0.1) is 6.10 Å². The van der Waals surface area contributed by atoms with Gasteiger partial charge in [-0.15, -0.1) is 0 Å². The van der Waals surface area contributed by atoms with Crippen LogP contribution in [0.2, 0.25) is 0 Å². The molecule has 104 valence electrons. The van der Waals surface area contributed by atoms with E-state index in [1.807, 2.05) is 6.08 Å². The van der Waals surface area contributed by atoms with E-state index in [4.69, 9.17) is 5.11 Å². The largest absolute Gasteiger partial charge is 0.396 e. The molecule has 0 aromatic heterocycles. The van der Waals surface area contributed by atoms with Gasteiger partial charge in [-0.25, -0.2) is 0 Å². The molecule has 2 N–H and O–H groups in total. The molecule has 0 bridgehead atoms. The van der Waals surface area contributed by atoms with E-state index in [-0.39, 0.29) is 12.7 Å². The fourth-order valence-corrected chi connectivity index (χ4v) is 1.35. The molecule has 0 aromatic rings. The summed E-state index contributed by atoms with van der Waals surface area (Å²) in [6.07, 6.45) is 12.3. The summed E-state index contributed by atoms with van der Waals surface area (Å²) < 4.78 is 0. The number of hydrogen-bond acceptors (Lipinski definition) is 2. The van der Waals surface area contributed by atoms with Crippen molar-refractivity contribution in [3.8, 4) is 23.7 Å². The van der Waals surface area contributed by atoms with Crippen molar-refractivity contribution in [2.45, 2.75) is 51.6 Å². The molecule has 0 spiro atoms. The van der Waals surface area contributed by atoms with Crippen molar-refractivity contribution in [1.82, 2.24) is 0 Å². The van der Waals surface area contributed by atoms with Gasteiger partial charge in [0.1, 0.15) is 0 Å². The van der Waals surface area contributed by atoms with Crippen molar-refractivity contribution < 1.29 is 10.2 Å². The zero-order valence-electron chi connectivity index (χ0n) is 11.7. The molecule has 0 radical (unpaired) electrons. The third-order valence-corrected chi connectivity index (χ3v) is 2.41. The summed E-state index contributed by atoms with van der Waals surface area (Å²) in [5, 5.41) is 18.1. The average Bonchev–Trinajstić information content (AvgIpc) is 2.41. The minimum atomic E-state index is -0.359. The van der Waals surface area contributed by atoms with Gasteiger partial charge in [-0.05, 0) is 30.8 Å². The van der Waals surface area contributed by atoms with E-state index in [1.165, 1.54) is 12.8 Å². The molecule has 1 atom stereocenters. The molecule has 0 aliphatic rings. The average molecular weight is 260 g/mol. The highest BCUT2D eigenvalue weighted by molar-refractivity contribution is 5.31. The van der Waals surface area contributed by atoms with Gasteiger partial charge in [-0.1, -0.05) is 56.3 Å². The third kappa shape index (κ3) is 14.5. The molecule has 2 nitrogen and oxygen atoms in total. The molecular formula is C17H24O2. The molecule has 0 aromatic carbocycles. The Bertz CT molecular complexity index is 372. The van der Waals surface area contributed by atoms with Crippen molar-refractivity contribution in [3.63, 3.8) is 0 Å². The Hall–Kier alpha value is -1.48. The fourth-order valence-electron chi connectivity index (χ4n) is 1.35. The van der Waals surface area contributed by atoms with Gasteiger partial charge in [0, 0.05) is 13.0 Å². The van der Waals surface area contributed by atoms with Crippen LogP contribution in [0.5, 0.6) is 0 Å². The SMILES string of the molecule is CCCCC[C@H](O)/C=C/C=C/C#CC#CCCCO. The lowest BCUT2D eigenvalue weighted by Crippen LogP contribution is -2.00. The van der Waals surface area contributed by atoms with Gasteiger partial charge < -0.3 is 10.2 Å². The Morgan fingerprint density at radius 2 is 1.95 bits per heavy atom. The second kappa shape index (κ2) is 14.6. The van der Waals surface area contributed by atoms with Crippen molar-refractivity contribution in [1.29, 1.82) is 0 Å². The molecule has 0 rings (SSSR count). The molecule has 0 heterocycles. The van der Waals surface area contributed by atoms with Crippen LogP contribution in [-0.4, -0.2) is 22.9 Å². The molecule has 0 fully saturated rings. The number of hydrogen-bond donors (Lipinski definition) is 2. The van der Waals surface area contributed by atoms with Gasteiger partial charge in [0.25, 0.3) is 0 Å². The first-order valence-electron chi connectivity index (χ1n) is 6.92. The summed E-state index contributed by atoms with van der Waals surface area (Å²) in [6.45, 7) is 2.32. The van der Waals surface area contributed by atoms with Crippen LogP contribution in [0, 0.1) is 23.7 Å². The van der Waals surface area contributed by atoms with Crippen LogP contribution < -0.4 is 0 Å². The number of allylic oxidation sites excluding steroid dienone is 3. The summed E-state index contributed by atoms with van der Waals surface area (Å²) in [5.41, 5.74) is 0. The van der Waals surface area contributed by atoms with E-state index in [1.54, 1.807) is 18.2 Å². The maximum Gasteiger partial charge on any atom is 0.0723 e. The molecule has 0 saturated carbocycles. The van der Waals surface area contributed by atoms with Crippen molar-refractivity contribution in [2.24, 2.45) is 0 Å². The van der Waals surface area contributed by atoms with E-state index in [0.717, 1.165) is 12.8 Å². The van der Waals surface area contributed by atoms with Crippen LogP contribution in [-0.2, 0) is 0 Å².